The summed E-state index contributed by atoms with van der Waals surface area (Å²) in [6.07, 6.45) is 4.58. The summed E-state index contributed by atoms with van der Waals surface area (Å²) in [5, 5.41) is 3.04. The maximum atomic E-state index is 13.7. The molecular weight excluding hydrogens is 458 g/mol. The molecule has 9 heteroatoms. The minimum absolute atomic E-state index is 0.00668. The van der Waals surface area contributed by atoms with E-state index < -0.39 is 18.2 Å². The summed E-state index contributed by atoms with van der Waals surface area (Å²) >= 11 is 0. The Labute approximate surface area is 213 Å². The molecule has 1 aliphatic carbocycles. The predicted octanol–water partition coefficient (Wildman–Crippen LogP) is 1.01. The molecule has 1 aromatic carbocycles. The lowest BCUT2D eigenvalue weighted by Crippen LogP contribution is -2.54. The van der Waals surface area contributed by atoms with Gasteiger partial charge >= 0.3 is 0 Å². The molecule has 36 heavy (non-hydrogen) atoms. The van der Waals surface area contributed by atoms with Crippen LogP contribution in [0.25, 0.3) is 0 Å². The molecule has 0 unspecified atom stereocenters. The van der Waals surface area contributed by atoms with Crippen LogP contribution in [0.1, 0.15) is 49.4 Å². The number of benzene rings is 1. The average molecular weight is 498 g/mol. The number of carbonyl (C=O) groups excluding carboxylic acids is 3. The fourth-order valence-corrected chi connectivity index (χ4v) is 6.36. The lowest BCUT2D eigenvalue weighted by atomic mass is 9.95. The molecule has 0 aromatic heterocycles. The van der Waals surface area contributed by atoms with Gasteiger partial charge in [0, 0.05) is 44.0 Å². The van der Waals surface area contributed by atoms with Crippen LogP contribution in [0.15, 0.2) is 24.3 Å². The SMILES string of the molecule is CCCN1CCN(c2ccc(C(=O)N[C@H](C(=O)N3C[C@H](N)[C@H]4OCC(=O)[C@H]43)C3CCCC3)cc2)CC1. The molecule has 4 atom stereocenters. The predicted molar refractivity (Wildman–Crippen MR) is 137 cm³/mol. The largest absolute Gasteiger partial charge is 0.369 e. The fourth-order valence-electron chi connectivity index (χ4n) is 6.36. The second-order valence-corrected chi connectivity index (χ2v) is 10.7. The van der Waals surface area contributed by atoms with Crippen molar-refractivity contribution in [1.82, 2.24) is 15.1 Å². The molecule has 9 nitrogen and oxygen atoms in total. The van der Waals surface area contributed by atoms with Crippen molar-refractivity contribution in [2.24, 2.45) is 11.7 Å². The Morgan fingerprint density at radius 1 is 1.11 bits per heavy atom. The van der Waals surface area contributed by atoms with Crippen molar-refractivity contribution in [3.63, 3.8) is 0 Å². The molecular formula is C27H39N5O4. The number of nitrogens with one attached hydrogen (secondary N) is 1. The number of hydrogen-bond acceptors (Lipinski definition) is 7. The summed E-state index contributed by atoms with van der Waals surface area (Å²) in [4.78, 5) is 45.8. The zero-order chi connectivity index (χ0) is 25.2. The van der Waals surface area contributed by atoms with E-state index in [1.54, 1.807) is 4.90 Å². The number of rotatable bonds is 7. The van der Waals surface area contributed by atoms with E-state index in [4.69, 9.17) is 10.5 Å². The van der Waals surface area contributed by atoms with E-state index in [0.29, 0.717) is 5.56 Å². The summed E-state index contributed by atoms with van der Waals surface area (Å²) in [5.41, 5.74) is 7.84. The van der Waals surface area contributed by atoms with Gasteiger partial charge in [0.25, 0.3) is 5.91 Å². The molecule has 1 aromatic rings. The first-order valence-electron chi connectivity index (χ1n) is 13.5. The topological polar surface area (TPSA) is 108 Å². The number of likely N-dealkylation sites (tertiary alicyclic amines) is 1. The van der Waals surface area contributed by atoms with E-state index in [0.717, 1.165) is 64.1 Å². The number of fused-ring (bicyclic) bond motifs is 1. The van der Waals surface area contributed by atoms with Gasteiger partial charge in [0.1, 0.15) is 24.8 Å². The lowest BCUT2D eigenvalue weighted by Gasteiger charge is -2.36. The van der Waals surface area contributed by atoms with Crippen molar-refractivity contribution in [3.8, 4) is 0 Å². The molecule has 1 saturated carbocycles. The Morgan fingerprint density at radius 2 is 1.81 bits per heavy atom. The van der Waals surface area contributed by atoms with E-state index in [1.807, 2.05) is 24.3 Å². The molecule has 4 fully saturated rings. The van der Waals surface area contributed by atoms with Gasteiger partial charge in [-0.3, -0.25) is 19.3 Å². The number of nitrogens with zero attached hydrogens (tertiary/aromatic N) is 3. The smallest absolute Gasteiger partial charge is 0.251 e. The Balaban J connectivity index is 1.26. The van der Waals surface area contributed by atoms with Crippen molar-refractivity contribution in [2.45, 2.75) is 63.3 Å². The van der Waals surface area contributed by atoms with Gasteiger partial charge in [0.15, 0.2) is 5.78 Å². The van der Waals surface area contributed by atoms with Gasteiger partial charge in [-0.25, -0.2) is 0 Å². The molecule has 3 N–H and O–H groups in total. The number of amides is 2. The zero-order valence-corrected chi connectivity index (χ0v) is 21.2. The van der Waals surface area contributed by atoms with Gasteiger partial charge in [-0.1, -0.05) is 19.8 Å². The maximum Gasteiger partial charge on any atom is 0.251 e. The van der Waals surface area contributed by atoms with Gasteiger partial charge in [-0.2, -0.15) is 0 Å². The highest BCUT2D eigenvalue weighted by Crippen LogP contribution is 2.32. The van der Waals surface area contributed by atoms with Crippen LogP contribution in [0.2, 0.25) is 0 Å². The van der Waals surface area contributed by atoms with Gasteiger partial charge in [-0.15, -0.1) is 0 Å². The average Bonchev–Trinajstić information content (AvgIpc) is 3.63. The molecule has 4 aliphatic rings. The number of piperazine rings is 1. The monoisotopic (exact) mass is 497 g/mol. The highest BCUT2D eigenvalue weighted by molar-refractivity contribution is 5.99. The zero-order valence-electron chi connectivity index (χ0n) is 21.2. The highest BCUT2D eigenvalue weighted by Gasteiger charge is 2.52. The lowest BCUT2D eigenvalue weighted by molar-refractivity contribution is -0.139. The quantitative estimate of drug-likeness (QED) is 0.579. The first kappa shape index (κ1) is 25.2. The van der Waals surface area contributed by atoms with Crippen LogP contribution in [-0.4, -0.2) is 97.5 Å². The van der Waals surface area contributed by atoms with Gasteiger partial charge < -0.3 is 25.6 Å². The molecule has 0 bridgehead atoms. The van der Waals surface area contributed by atoms with Crippen molar-refractivity contribution in [1.29, 1.82) is 0 Å². The Hall–Kier alpha value is -2.49. The van der Waals surface area contributed by atoms with Crippen molar-refractivity contribution >= 4 is 23.3 Å². The van der Waals surface area contributed by atoms with Crippen LogP contribution >= 0.6 is 0 Å². The molecule has 0 spiro atoms. The Bertz CT molecular complexity index is 955. The molecule has 2 amide bonds. The number of ether oxygens (including phenoxy) is 1. The normalized spacial score (nSPS) is 27.9. The molecule has 196 valence electrons. The Kier molecular flexibility index (Phi) is 7.60. The van der Waals surface area contributed by atoms with Crippen molar-refractivity contribution in [2.75, 3.05) is 50.8 Å². The van der Waals surface area contributed by atoms with E-state index in [1.165, 1.54) is 6.42 Å². The van der Waals surface area contributed by atoms with Crippen LogP contribution in [0.3, 0.4) is 0 Å². The van der Waals surface area contributed by atoms with Gasteiger partial charge in [0.2, 0.25) is 5.91 Å². The van der Waals surface area contributed by atoms with Crippen LogP contribution in [0.5, 0.6) is 0 Å². The van der Waals surface area contributed by atoms with E-state index >= 15 is 0 Å². The standard InChI is InChI=1S/C27H39N5O4/c1-2-11-30-12-14-31(15-13-30)20-9-7-19(8-10-20)26(34)29-23(18-5-3-4-6-18)27(35)32-16-21(28)25-24(32)22(33)17-36-25/h7-10,18,21,23-25H,2-6,11-17,28H2,1H3,(H,29,34)/t21-,23-,24+,25+/m0/s1. The van der Waals surface area contributed by atoms with E-state index in [9.17, 15) is 14.4 Å². The number of Topliss-reactive ketones (excluding diaryl/α,β-unsaturated/α-hetero) is 1. The van der Waals surface area contributed by atoms with Crippen LogP contribution in [0, 0.1) is 5.92 Å². The first-order valence-corrected chi connectivity index (χ1v) is 13.5. The van der Waals surface area contributed by atoms with Crippen molar-refractivity contribution in [3.05, 3.63) is 29.8 Å². The number of ketones is 1. The molecule has 3 saturated heterocycles. The minimum atomic E-state index is -0.661. The van der Waals surface area contributed by atoms with Gasteiger partial charge in [-0.05, 0) is 56.0 Å². The third-order valence-corrected chi connectivity index (χ3v) is 8.34. The first-order chi connectivity index (χ1) is 17.5. The number of hydrogen-bond donors (Lipinski definition) is 2. The maximum absolute atomic E-state index is 13.7. The second-order valence-electron chi connectivity index (χ2n) is 10.7. The summed E-state index contributed by atoms with van der Waals surface area (Å²) in [7, 11) is 0. The number of anilines is 1. The van der Waals surface area contributed by atoms with E-state index in [-0.39, 0.29) is 42.7 Å². The molecule has 0 radical (unpaired) electrons. The third-order valence-electron chi connectivity index (χ3n) is 8.34. The van der Waals surface area contributed by atoms with Crippen LogP contribution in [-0.2, 0) is 14.3 Å². The second kappa shape index (κ2) is 10.9. The summed E-state index contributed by atoms with van der Waals surface area (Å²) in [6.45, 7) is 7.68. The number of nitrogens with two attached hydrogens (primary N) is 1. The molecule has 5 rings (SSSR count). The third kappa shape index (κ3) is 5.01. The van der Waals surface area contributed by atoms with Crippen molar-refractivity contribution < 1.29 is 19.1 Å². The van der Waals surface area contributed by atoms with E-state index in [2.05, 4.69) is 22.0 Å². The van der Waals surface area contributed by atoms with Crippen LogP contribution in [0.4, 0.5) is 5.69 Å². The number of carbonyl (C=O) groups is 3. The van der Waals surface area contributed by atoms with Crippen LogP contribution < -0.4 is 16.0 Å². The molecule has 3 heterocycles. The summed E-state index contributed by atoms with van der Waals surface area (Å²) in [5.74, 6) is -0.510. The highest BCUT2D eigenvalue weighted by atomic mass is 16.5. The fraction of sp³-hybridized carbons (Fsp3) is 0.667. The summed E-state index contributed by atoms with van der Waals surface area (Å²) in [6, 6.07) is 5.99. The van der Waals surface area contributed by atoms with Gasteiger partial charge in [0.05, 0.1) is 6.04 Å². The molecule has 3 aliphatic heterocycles. The Morgan fingerprint density at radius 3 is 2.47 bits per heavy atom. The minimum Gasteiger partial charge on any atom is -0.369 e. The summed E-state index contributed by atoms with van der Waals surface area (Å²) < 4.78 is 5.55.